The number of ketones is 2. The first-order valence-electron chi connectivity index (χ1n) is 8.59. The minimum Gasteiger partial charge on any atom is -0.453 e. The number of ether oxygens (including phenoxy) is 1. The van der Waals surface area contributed by atoms with Gasteiger partial charge in [0, 0.05) is 21.8 Å². The topological polar surface area (TPSA) is 105 Å². The van der Waals surface area contributed by atoms with Crippen molar-refractivity contribution < 1.29 is 23.9 Å². The lowest BCUT2D eigenvalue weighted by Crippen LogP contribution is -2.34. The van der Waals surface area contributed by atoms with Crippen LogP contribution in [0.4, 0.5) is 0 Å². The summed E-state index contributed by atoms with van der Waals surface area (Å²) in [5.74, 6) is -1.82. The predicted octanol–water partition coefficient (Wildman–Crippen LogP) is 3.03. The molecule has 0 radical (unpaired) electrons. The largest absolute Gasteiger partial charge is 0.453 e. The molecule has 0 bridgehead atoms. The van der Waals surface area contributed by atoms with E-state index in [0.717, 1.165) is 0 Å². The first kappa shape index (κ1) is 21.4. The molecule has 0 unspecified atom stereocenters. The SMILES string of the molecule is CC(=O)c1c(C)[nH]c(C(=O)[C@H](C)OC(=O)CNC(=O)c2ccc(Cl)cc2)c1C. The van der Waals surface area contributed by atoms with Crippen molar-refractivity contribution in [2.75, 3.05) is 6.54 Å². The number of aryl methyl sites for hydroxylation is 1. The molecular formula is C20H21ClN2O5. The predicted molar refractivity (Wildman–Crippen MR) is 104 cm³/mol. The molecule has 0 aliphatic heterocycles. The van der Waals surface area contributed by atoms with Gasteiger partial charge in [-0.1, -0.05) is 11.6 Å². The summed E-state index contributed by atoms with van der Waals surface area (Å²) in [4.78, 5) is 51.1. The standard InChI is InChI=1S/C20H21ClN2O5/c1-10-17(12(3)24)11(2)23-18(10)19(26)13(4)28-16(25)9-22-20(27)14-5-7-15(21)8-6-14/h5-8,13,23H,9H2,1-4H3,(H,22,27)/t13-/m0/s1. The van der Waals surface area contributed by atoms with E-state index < -0.39 is 23.8 Å². The van der Waals surface area contributed by atoms with E-state index in [1.54, 1.807) is 26.0 Å². The molecule has 1 amide bonds. The number of Topliss-reactive ketones (excluding diaryl/α,β-unsaturated/α-hetero) is 2. The van der Waals surface area contributed by atoms with Crippen LogP contribution < -0.4 is 5.32 Å². The minimum atomic E-state index is -1.07. The van der Waals surface area contributed by atoms with Crippen molar-refractivity contribution in [1.29, 1.82) is 0 Å². The van der Waals surface area contributed by atoms with E-state index in [0.29, 0.717) is 27.4 Å². The Morgan fingerprint density at radius 2 is 1.75 bits per heavy atom. The molecule has 2 rings (SSSR count). The monoisotopic (exact) mass is 404 g/mol. The van der Waals surface area contributed by atoms with Crippen LogP contribution in [-0.2, 0) is 9.53 Å². The molecule has 8 heteroatoms. The maximum Gasteiger partial charge on any atom is 0.326 e. The van der Waals surface area contributed by atoms with Crippen molar-refractivity contribution in [3.05, 3.63) is 57.4 Å². The highest BCUT2D eigenvalue weighted by atomic mass is 35.5. The third-order valence-electron chi connectivity index (χ3n) is 4.21. The first-order valence-corrected chi connectivity index (χ1v) is 8.97. The summed E-state index contributed by atoms with van der Waals surface area (Å²) in [6, 6.07) is 6.17. The zero-order chi connectivity index (χ0) is 21.0. The number of benzene rings is 1. The molecular weight excluding hydrogens is 384 g/mol. The van der Waals surface area contributed by atoms with E-state index in [-0.39, 0.29) is 18.0 Å². The second-order valence-corrected chi connectivity index (χ2v) is 6.80. The Morgan fingerprint density at radius 1 is 1.14 bits per heavy atom. The van der Waals surface area contributed by atoms with Crippen LogP contribution in [0.3, 0.4) is 0 Å². The molecule has 1 atom stereocenters. The molecule has 0 aliphatic carbocycles. The van der Waals surface area contributed by atoms with Gasteiger partial charge in [-0.15, -0.1) is 0 Å². The highest BCUT2D eigenvalue weighted by Gasteiger charge is 2.26. The van der Waals surface area contributed by atoms with Gasteiger partial charge in [-0.25, -0.2) is 0 Å². The fraction of sp³-hybridized carbons (Fsp3) is 0.300. The van der Waals surface area contributed by atoms with Crippen molar-refractivity contribution in [2.24, 2.45) is 0 Å². The van der Waals surface area contributed by atoms with Crippen LogP contribution in [0.15, 0.2) is 24.3 Å². The molecule has 0 saturated carbocycles. The number of hydrogen-bond acceptors (Lipinski definition) is 5. The van der Waals surface area contributed by atoms with Gasteiger partial charge in [0.2, 0.25) is 5.78 Å². The maximum absolute atomic E-state index is 12.6. The fourth-order valence-corrected chi connectivity index (χ4v) is 3.00. The molecule has 148 valence electrons. The molecule has 1 heterocycles. The lowest BCUT2D eigenvalue weighted by Gasteiger charge is -2.13. The third kappa shape index (κ3) is 4.86. The van der Waals surface area contributed by atoms with E-state index in [1.807, 2.05) is 0 Å². The van der Waals surface area contributed by atoms with Crippen LogP contribution in [0.5, 0.6) is 0 Å². The molecule has 1 aromatic heterocycles. The summed E-state index contributed by atoms with van der Waals surface area (Å²) < 4.78 is 5.11. The number of halogens is 1. The molecule has 1 aromatic carbocycles. The van der Waals surface area contributed by atoms with E-state index in [2.05, 4.69) is 10.3 Å². The molecule has 2 N–H and O–H groups in total. The minimum absolute atomic E-state index is 0.153. The van der Waals surface area contributed by atoms with Crippen LogP contribution in [0.25, 0.3) is 0 Å². The number of carbonyl (C=O) groups excluding carboxylic acids is 4. The number of amides is 1. The lowest BCUT2D eigenvalue weighted by molar-refractivity contribution is -0.145. The summed E-state index contributed by atoms with van der Waals surface area (Å²) in [7, 11) is 0. The highest BCUT2D eigenvalue weighted by molar-refractivity contribution is 6.30. The van der Waals surface area contributed by atoms with Crippen molar-refractivity contribution in [3.63, 3.8) is 0 Å². The normalized spacial score (nSPS) is 11.6. The molecule has 2 aromatic rings. The van der Waals surface area contributed by atoms with Crippen LogP contribution >= 0.6 is 11.6 Å². The Labute approximate surface area is 167 Å². The van der Waals surface area contributed by atoms with E-state index >= 15 is 0 Å². The Balaban J connectivity index is 1.96. The number of carbonyl (C=O) groups is 4. The number of hydrogen-bond donors (Lipinski definition) is 2. The van der Waals surface area contributed by atoms with Gasteiger partial charge in [-0.05, 0) is 57.5 Å². The molecule has 0 spiro atoms. The Hall–Kier alpha value is -2.93. The van der Waals surface area contributed by atoms with Gasteiger partial charge in [0.15, 0.2) is 11.9 Å². The molecule has 0 saturated heterocycles. The third-order valence-corrected chi connectivity index (χ3v) is 4.47. The number of H-pyrrole nitrogens is 1. The smallest absolute Gasteiger partial charge is 0.326 e. The average Bonchev–Trinajstić information content (AvgIpc) is 2.93. The Morgan fingerprint density at radius 3 is 2.29 bits per heavy atom. The van der Waals surface area contributed by atoms with E-state index in [4.69, 9.17) is 16.3 Å². The first-order chi connectivity index (χ1) is 13.1. The maximum atomic E-state index is 12.6. The molecule has 28 heavy (non-hydrogen) atoms. The number of esters is 1. The Bertz CT molecular complexity index is 931. The average molecular weight is 405 g/mol. The molecule has 0 aliphatic rings. The van der Waals surface area contributed by atoms with Gasteiger partial charge in [0.1, 0.15) is 6.54 Å². The second-order valence-electron chi connectivity index (χ2n) is 6.37. The van der Waals surface area contributed by atoms with Gasteiger partial charge >= 0.3 is 5.97 Å². The number of aromatic nitrogens is 1. The number of nitrogens with one attached hydrogen (secondary N) is 2. The summed E-state index contributed by atoms with van der Waals surface area (Å²) >= 11 is 5.76. The second kappa shape index (κ2) is 8.84. The van der Waals surface area contributed by atoms with Crippen LogP contribution in [-0.4, -0.2) is 41.1 Å². The fourth-order valence-electron chi connectivity index (χ4n) is 2.88. The van der Waals surface area contributed by atoms with E-state index in [1.165, 1.54) is 26.0 Å². The van der Waals surface area contributed by atoms with Gasteiger partial charge in [-0.2, -0.15) is 0 Å². The number of aromatic amines is 1. The van der Waals surface area contributed by atoms with Gasteiger partial charge < -0.3 is 15.0 Å². The quantitative estimate of drug-likeness (QED) is 0.545. The zero-order valence-electron chi connectivity index (χ0n) is 16.0. The van der Waals surface area contributed by atoms with Crippen molar-refractivity contribution in [2.45, 2.75) is 33.8 Å². The number of rotatable bonds is 7. The van der Waals surface area contributed by atoms with Crippen LogP contribution in [0.2, 0.25) is 5.02 Å². The molecule has 0 fully saturated rings. The van der Waals surface area contributed by atoms with Crippen molar-refractivity contribution in [3.8, 4) is 0 Å². The van der Waals surface area contributed by atoms with Gasteiger partial charge in [-0.3, -0.25) is 19.2 Å². The van der Waals surface area contributed by atoms with Crippen molar-refractivity contribution in [1.82, 2.24) is 10.3 Å². The lowest BCUT2D eigenvalue weighted by atomic mass is 10.0. The van der Waals surface area contributed by atoms with Gasteiger partial charge in [0.25, 0.3) is 5.91 Å². The summed E-state index contributed by atoms with van der Waals surface area (Å²) in [5.41, 5.74) is 2.14. The van der Waals surface area contributed by atoms with Gasteiger partial charge in [0.05, 0.1) is 5.69 Å². The summed E-state index contributed by atoms with van der Waals surface area (Å²) in [5, 5.41) is 2.91. The summed E-state index contributed by atoms with van der Waals surface area (Å²) in [6.07, 6.45) is -1.07. The zero-order valence-corrected chi connectivity index (χ0v) is 16.8. The summed E-state index contributed by atoms with van der Waals surface area (Å²) in [6.45, 7) is 5.83. The van der Waals surface area contributed by atoms with Crippen molar-refractivity contribution >= 4 is 35.0 Å². The van der Waals surface area contributed by atoms with E-state index in [9.17, 15) is 19.2 Å². The Kier molecular flexibility index (Phi) is 6.75. The van der Waals surface area contributed by atoms with Crippen LogP contribution in [0, 0.1) is 13.8 Å². The van der Waals surface area contributed by atoms with Crippen LogP contribution in [0.1, 0.15) is 56.3 Å². The molecule has 7 nitrogen and oxygen atoms in total. The highest BCUT2D eigenvalue weighted by Crippen LogP contribution is 2.20.